The summed E-state index contributed by atoms with van der Waals surface area (Å²) in [5, 5.41) is 0.802. The van der Waals surface area contributed by atoms with Crippen LogP contribution in [0.2, 0.25) is 5.02 Å². The fraction of sp³-hybridized carbons (Fsp3) is 0.600. The third-order valence-corrected chi connectivity index (χ3v) is 5.08. The van der Waals surface area contributed by atoms with Crippen LogP contribution in [0, 0.1) is 6.92 Å². The molecule has 0 amide bonds. The number of halogens is 1. The first-order valence-electron chi connectivity index (χ1n) is 6.97. The van der Waals surface area contributed by atoms with Crippen LogP contribution in [-0.2, 0) is 5.41 Å². The van der Waals surface area contributed by atoms with Gasteiger partial charge in [-0.15, -0.1) is 0 Å². The summed E-state index contributed by atoms with van der Waals surface area (Å²) >= 11 is 6.59. The second-order valence-corrected chi connectivity index (χ2v) is 6.02. The molecule has 1 aromatic carbocycles. The third kappa shape index (κ3) is 2.00. The Labute approximate surface area is 119 Å². The lowest BCUT2D eigenvalue weighted by molar-refractivity contribution is 0.173. The van der Waals surface area contributed by atoms with Gasteiger partial charge >= 0.3 is 0 Å². The van der Waals surface area contributed by atoms with Gasteiger partial charge in [0.05, 0.1) is 5.02 Å². The molecular weight excluding hydrogens is 262 g/mol. The summed E-state index contributed by atoms with van der Waals surface area (Å²) in [5.74, 6) is 1.60. The van der Waals surface area contributed by atoms with Crippen LogP contribution in [-0.4, -0.2) is 13.3 Å². The van der Waals surface area contributed by atoms with Gasteiger partial charge in [-0.05, 0) is 31.4 Å². The number of hydrogen-bond donors (Lipinski definition) is 1. The molecule has 1 heterocycles. The average molecular weight is 282 g/mol. The minimum absolute atomic E-state index is 0.0150. The molecule has 0 atom stereocenters. The molecule has 3 nitrogen and oxygen atoms in total. The highest BCUT2D eigenvalue weighted by molar-refractivity contribution is 6.32. The number of ether oxygens (including phenoxy) is 2. The van der Waals surface area contributed by atoms with Gasteiger partial charge in [0.25, 0.3) is 0 Å². The van der Waals surface area contributed by atoms with Gasteiger partial charge in [0.2, 0.25) is 6.79 Å². The molecule has 1 aliphatic heterocycles. The largest absolute Gasteiger partial charge is 0.454 e. The van der Waals surface area contributed by atoms with Crippen molar-refractivity contribution in [3.63, 3.8) is 0 Å². The van der Waals surface area contributed by atoms with Crippen molar-refractivity contribution in [1.29, 1.82) is 0 Å². The van der Waals surface area contributed by atoms with Crippen LogP contribution in [0.4, 0.5) is 0 Å². The van der Waals surface area contributed by atoms with E-state index in [1.54, 1.807) is 0 Å². The Balaban J connectivity index is 2.11. The maximum atomic E-state index is 6.59. The highest BCUT2D eigenvalue weighted by atomic mass is 35.5. The van der Waals surface area contributed by atoms with Crippen molar-refractivity contribution in [1.82, 2.24) is 0 Å². The van der Waals surface area contributed by atoms with Crippen molar-refractivity contribution in [3.05, 3.63) is 22.2 Å². The first-order chi connectivity index (χ1) is 9.18. The van der Waals surface area contributed by atoms with E-state index < -0.39 is 0 Å². The molecule has 4 heteroatoms. The molecule has 0 saturated heterocycles. The third-order valence-electron chi connectivity index (χ3n) is 4.60. The molecule has 1 aliphatic carbocycles. The molecule has 19 heavy (non-hydrogen) atoms. The van der Waals surface area contributed by atoms with Crippen molar-refractivity contribution < 1.29 is 9.47 Å². The minimum Gasteiger partial charge on any atom is -0.454 e. The predicted molar refractivity (Wildman–Crippen MR) is 76.1 cm³/mol. The van der Waals surface area contributed by atoms with Crippen LogP contribution in [0.5, 0.6) is 11.5 Å². The maximum absolute atomic E-state index is 6.59. The smallest absolute Gasteiger partial charge is 0.231 e. The molecule has 2 aliphatic rings. The zero-order valence-corrected chi connectivity index (χ0v) is 12.1. The zero-order valence-electron chi connectivity index (χ0n) is 11.3. The molecule has 2 N–H and O–H groups in total. The van der Waals surface area contributed by atoms with Gasteiger partial charge in [0.15, 0.2) is 11.5 Å². The fourth-order valence-electron chi connectivity index (χ4n) is 3.38. The second kappa shape index (κ2) is 4.88. The van der Waals surface area contributed by atoms with Gasteiger partial charge in [0, 0.05) is 17.5 Å². The van der Waals surface area contributed by atoms with Gasteiger partial charge in [-0.2, -0.15) is 0 Å². The Morgan fingerprint density at radius 1 is 1.26 bits per heavy atom. The predicted octanol–water partition coefficient (Wildman–Crippen LogP) is 3.54. The summed E-state index contributed by atoms with van der Waals surface area (Å²) < 4.78 is 11.0. The molecule has 0 aromatic heterocycles. The molecular formula is C15H20ClNO2. The standard InChI is InChI=1S/C15H20ClNO2/c1-10-13(16)11(7-12-14(10)19-9-18-12)15(8-17)5-3-2-4-6-15/h7H,2-6,8-9,17H2,1H3. The Morgan fingerprint density at radius 3 is 2.68 bits per heavy atom. The van der Waals surface area contributed by atoms with Crippen LogP contribution >= 0.6 is 11.6 Å². The lowest BCUT2D eigenvalue weighted by atomic mass is 9.69. The van der Waals surface area contributed by atoms with Gasteiger partial charge in [0.1, 0.15) is 0 Å². The van der Waals surface area contributed by atoms with Crippen molar-refractivity contribution in [2.24, 2.45) is 5.73 Å². The molecule has 1 saturated carbocycles. The number of hydrogen-bond acceptors (Lipinski definition) is 3. The van der Waals surface area contributed by atoms with Gasteiger partial charge in [-0.1, -0.05) is 30.9 Å². The van der Waals surface area contributed by atoms with E-state index in [0.717, 1.165) is 40.5 Å². The number of nitrogens with two attached hydrogens (primary N) is 1. The monoisotopic (exact) mass is 281 g/mol. The summed E-state index contributed by atoms with van der Waals surface area (Å²) in [4.78, 5) is 0. The van der Waals surface area contributed by atoms with Crippen LogP contribution in [0.15, 0.2) is 6.07 Å². The van der Waals surface area contributed by atoms with E-state index in [0.29, 0.717) is 6.54 Å². The summed E-state index contributed by atoms with van der Waals surface area (Å²) in [6.45, 7) is 2.92. The summed E-state index contributed by atoms with van der Waals surface area (Å²) in [7, 11) is 0. The van der Waals surface area contributed by atoms with Crippen molar-refractivity contribution >= 4 is 11.6 Å². The summed E-state index contributed by atoms with van der Waals surface area (Å²) in [5.41, 5.74) is 8.25. The second-order valence-electron chi connectivity index (χ2n) is 5.64. The summed E-state index contributed by atoms with van der Waals surface area (Å²) in [6, 6.07) is 2.05. The van der Waals surface area contributed by atoms with Crippen LogP contribution in [0.25, 0.3) is 0 Å². The average Bonchev–Trinajstić information content (AvgIpc) is 2.92. The van der Waals surface area contributed by atoms with E-state index in [1.165, 1.54) is 19.3 Å². The highest BCUT2D eigenvalue weighted by Gasteiger charge is 2.36. The summed E-state index contributed by atoms with van der Waals surface area (Å²) in [6.07, 6.45) is 5.97. The Morgan fingerprint density at radius 2 is 2.00 bits per heavy atom. The molecule has 3 rings (SSSR count). The van der Waals surface area contributed by atoms with E-state index in [9.17, 15) is 0 Å². The highest BCUT2D eigenvalue weighted by Crippen LogP contribution is 2.48. The van der Waals surface area contributed by atoms with E-state index in [4.69, 9.17) is 26.8 Å². The molecule has 0 bridgehead atoms. The van der Waals surface area contributed by atoms with Crippen LogP contribution in [0.1, 0.15) is 43.2 Å². The van der Waals surface area contributed by atoms with Gasteiger partial charge in [-0.3, -0.25) is 0 Å². The molecule has 1 aromatic rings. The van der Waals surface area contributed by atoms with Gasteiger partial charge in [-0.25, -0.2) is 0 Å². The van der Waals surface area contributed by atoms with Crippen molar-refractivity contribution in [2.45, 2.75) is 44.4 Å². The normalized spacial score (nSPS) is 20.6. The maximum Gasteiger partial charge on any atom is 0.231 e. The Bertz CT molecular complexity index is 495. The van der Waals surface area contributed by atoms with Crippen molar-refractivity contribution in [3.8, 4) is 11.5 Å². The SMILES string of the molecule is Cc1c(Cl)c(C2(CN)CCCCC2)cc2c1OCO2. The molecule has 0 radical (unpaired) electrons. The fourth-order valence-corrected chi connectivity index (χ4v) is 3.72. The first kappa shape index (κ1) is 13.1. The molecule has 1 fully saturated rings. The topological polar surface area (TPSA) is 44.5 Å². The Kier molecular flexibility index (Phi) is 3.35. The van der Waals surface area contributed by atoms with Gasteiger partial charge < -0.3 is 15.2 Å². The number of rotatable bonds is 2. The zero-order chi connectivity index (χ0) is 13.5. The number of benzene rings is 1. The number of fused-ring (bicyclic) bond motifs is 1. The molecule has 104 valence electrons. The van der Waals surface area contributed by atoms with E-state index >= 15 is 0 Å². The first-order valence-corrected chi connectivity index (χ1v) is 7.35. The molecule has 0 spiro atoms. The minimum atomic E-state index is 0.0150. The van der Waals surface area contributed by atoms with E-state index in [1.807, 2.05) is 6.92 Å². The lowest BCUT2D eigenvalue weighted by Crippen LogP contribution is -2.37. The van der Waals surface area contributed by atoms with E-state index in [-0.39, 0.29) is 12.2 Å². The van der Waals surface area contributed by atoms with Crippen LogP contribution < -0.4 is 15.2 Å². The Hall–Kier alpha value is -0.930. The quantitative estimate of drug-likeness (QED) is 0.902. The van der Waals surface area contributed by atoms with E-state index in [2.05, 4.69) is 6.07 Å². The van der Waals surface area contributed by atoms with Crippen LogP contribution in [0.3, 0.4) is 0 Å². The van der Waals surface area contributed by atoms with Crippen molar-refractivity contribution in [2.75, 3.05) is 13.3 Å². The lowest BCUT2D eigenvalue weighted by Gasteiger charge is -2.37. The molecule has 0 unspecified atom stereocenters.